The molecule has 3 heteroatoms. The highest BCUT2D eigenvalue weighted by Crippen LogP contribution is 2.20. The molecular formula is C12H25NO2. The predicted octanol–water partition coefficient (Wildman–Crippen LogP) is 1.43. The summed E-state index contributed by atoms with van der Waals surface area (Å²) in [6, 6.07) is 0.184. The molecule has 0 aromatic rings. The second-order valence-corrected chi connectivity index (χ2v) is 4.77. The van der Waals surface area contributed by atoms with Crippen LogP contribution in [0.1, 0.15) is 52.4 Å². The molecule has 1 rings (SSSR count). The van der Waals surface area contributed by atoms with Gasteiger partial charge in [0.1, 0.15) is 0 Å². The molecule has 1 saturated carbocycles. The zero-order valence-corrected chi connectivity index (χ0v) is 10.00. The monoisotopic (exact) mass is 215 g/mol. The molecule has 3 N–H and O–H groups in total. The molecule has 3 nitrogen and oxygen atoms in total. The van der Waals surface area contributed by atoms with Crippen molar-refractivity contribution in [3.8, 4) is 0 Å². The minimum Gasteiger partial charge on any atom is -0.392 e. The summed E-state index contributed by atoms with van der Waals surface area (Å²) in [6.07, 6.45) is 5.55. The molecule has 2 atom stereocenters. The van der Waals surface area contributed by atoms with Crippen LogP contribution < -0.4 is 5.32 Å². The van der Waals surface area contributed by atoms with Crippen molar-refractivity contribution in [3.05, 3.63) is 0 Å². The number of hydrogen-bond acceptors (Lipinski definition) is 3. The number of aliphatic hydroxyl groups excluding tert-OH is 1. The van der Waals surface area contributed by atoms with Gasteiger partial charge in [0.15, 0.2) is 0 Å². The molecule has 1 aliphatic carbocycles. The lowest BCUT2D eigenvalue weighted by molar-refractivity contribution is 0.0170. The average Bonchev–Trinajstić information content (AvgIpc) is 2.28. The Morgan fingerprint density at radius 3 is 2.33 bits per heavy atom. The van der Waals surface area contributed by atoms with Crippen molar-refractivity contribution >= 4 is 0 Å². The van der Waals surface area contributed by atoms with E-state index in [1.54, 1.807) is 0 Å². The van der Waals surface area contributed by atoms with E-state index in [9.17, 15) is 10.2 Å². The van der Waals surface area contributed by atoms with Crippen LogP contribution in [0.4, 0.5) is 0 Å². The van der Waals surface area contributed by atoms with Crippen molar-refractivity contribution < 1.29 is 10.2 Å². The van der Waals surface area contributed by atoms with Gasteiger partial charge in [-0.05, 0) is 25.7 Å². The fourth-order valence-electron chi connectivity index (χ4n) is 2.17. The van der Waals surface area contributed by atoms with Crippen molar-refractivity contribution in [1.29, 1.82) is 0 Å². The van der Waals surface area contributed by atoms with Gasteiger partial charge in [-0.2, -0.15) is 0 Å². The first-order valence-electron chi connectivity index (χ1n) is 6.25. The summed E-state index contributed by atoms with van der Waals surface area (Å²) in [5, 5.41) is 23.2. The van der Waals surface area contributed by atoms with E-state index in [1.165, 1.54) is 6.42 Å². The van der Waals surface area contributed by atoms with E-state index in [4.69, 9.17) is 0 Å². The van der Waals surface area contributed by atoms with Gasteiger partial charge in [0.25, 0.3) is 0 Å². The van der Waals surface area contributed by atoms with Crippen LogP contribution in [0.2, 0.25) is 0 Å². The van der Waals surface area contributed by atoms with Crippen molar-refractivity contribution in [2.24, 2.45) is 0 Å². The highest BCUT2D eigenvalue weighted by atomic mass is 16.3. The number of nitrogens with one attached hydrogen (secondary N) is 1. The Hall–Kier alpha value is -0.120. The lowest BCUT2D eigenvalue weighted by Crippen LogP contribution is -2.49. The molecule has 0 unspecified atom stereocenters. The molecule has 0 radical (unpaired) electrons. The highest BCUT2D eigenvalue weighted by Gasteiger charge is 2.27. The molecule has 0 aliphatic heterocycles. The van der Waals surface area contributed by atoms with Gasteiger partial charge < -0.3 is 15.5 Å². The zero-order valence-electron chi connectivity index (χ0n) is 10.00. The third-order valence-electron chi connectivity index (χ3n) is 3.74. The number of hydrogen-bond donors (Lipinski definition) is 3. The van der Waals surface area contributed by atoms with Crippen molar-refractivity contribution in [2.75, 3.05) is 6.54 Å². The Morgan fingerprint density at radius 2 is 1.80 bits per heavy atom. The summed E-state index contributed by atoms with van der Waals surface area (Å²) < 4.78 is 0. The number of aliphatic hydroxyl groups is 2. The van der Waals surface area contributed by atoms with E-state index in [-0.39, 0.29) is 12.1 Å². The van der Waals surface area contributed by atoms with Gasteiger partial charge in [0.2, 0.25) is 0 Å². The SMILES string of the molecule is CCC(O)(CC)CN[C@H]1CCCC[C@@H]1O. The summed E-state index contributed by atoms with van der Waals surface area (Å²) in [7, 11) is 0. The van der Waals surface area contributed by atoms with Crippen LogP contribution in [0.3, 0.4) is 0 Å². The van der Waals surface area contributed by atoms with Crippen LogP contribution >= 0.6 is 0 Å². The Bertz CT molecular complexity index is 180. The molecule has 0 aromatic carbocycles. The summed E-state index contributed by atoms with van der Waals surface area (Å²) in [4.78, 5) is 0. The van der Waals surface area contributed by atoms with Crippen molar-refractivity contribution in [2.45, 2.75) is 70.1 Å². The molecule has 0 saturated heterocycles. The average molecular weight is 215 g/mol. The normalized spacial score (nSPS) is 28.0. The Balaban J connectivity index is 2.34. The molecule has 1 fully saturated rings. The van der Waals surface area contributed by atoms with Gasteiger partial charge in [-0.1, -0.05) is 26.7 Å². The van der Waals surface area contributed by atoms with E-state index in [0.29, 0.717) is 6.54 Å². The van der Waals surface area contributed by atoms with Crippen molar-refractivity contribution in [1.82, 2.24) is 5.32 Å². The standard InChI is InChI=1S/C12H25NO2/c1-3-12(15,4-2)9-13-10-7-5-6-8-11(10)14/h10-11,13-15H,3-9H2,1-2H3/t10-,11-/m0/s1. The Kier molecular flexibility index (Phi) is 5.03. The first kappa shape index (κ1) is 12.9. The van der Waals surface area contributed by atoms with Crippen LogP contribution in [0.5, 0.6) is 0 Å². The second-order valence-electron chi connectivity index (χ2n) is 4.77. The molecule has 0 bridgehead atoms. The summed E-state index contributed by atoms with van der Waals surface area (Å²) >= 11 is 0. The smallest absolute Gasteiger partial charge is 0.0766 e. The van der Waals surface area contributed by atoms with Crippen LogP contribution in [0.15, 0.2) is 0 Å². The van der Waals surface area contributed by atoms with Gasteiger partial charge in [-0.3, -0.25) is 0 Å². The zero-order chi connectivity index (χ0) is 11.3. The largest absolute Gasteiger partial charge is 0.392 e. The maximum atomic E-state index is 10.1. The summed E-state index contributed by atoms with van der Waals surface area (Å²) in [5.74, 6) is 0. The molecule has 1 aliphatic rings. The Labute approximate surface area is 92.9 Å². The Morgan fingerprint density at radius 1 is 1.20 bits per heavy atom. The quantitative estimate of drug-likeness (QED) is 0.650. The first-order chi connectivity index (χ1) is 7.11. The molecule has 0 amide bonds. The predicted molar refractivity (Wildman–Crippen MR) is 61.8 cm³/mol. The fraction of sp³-hybridized carbons (Fsp3) is 1.00. The lowest BCUT2D eigenvalue weighted by Gasteiger charge is -2.33. The minimum absolute atomic E-state index is 0.184. The highest BCUT2D eigenvalue weighted by molar-refractivity contribution is 4.85. The first-order valence-corrected chi connectivity index (χ1v) is 6.25. The summed E-state index contributed by atoms with van der Waals surface area (Å²) in [5.41, 5.74) is -0.600. The third kappa shape index (κ3) is 3.74. The second kappa shape index (κ2) is 5.83. The lowest BCUT2D eigenvalue weighted by atomic mass is 9.91. The molecule has 90 valence electrons. The molecular weight excluding hydrogens is 190 g/mol. The van der Waals surface area contributed by atoms with E-state index < -0.39 is 5.60 Å². The molecule has 0 heterocycles. The molecule has 15 heavy (non-hydrogen) atoms. The third-order valence-corrected chi connectivity index (χ3v) is 3.74. The van der Waals surface area contributed by atoms with Gasteiger partial charge in [0, 0.05) is 12.6 Å². The summed E-state index contributed by atoms with van der Waals surface area (Å²) in [6.45, 7) is 4.60. The van der Waals surface area contributed by atoms with Crippen LogP contribution in [-0.2, 0) is 0 Å². The fourth-order valence-corrected chi connectivity index (χ4v) is 2.17. The topological polar surface area (TPSA) is 52.5 Å². The van der Waals surface area contributed by atoms with Gasteiger partial charge in [-0.25, -0.2) is 0 Å². The van der Waals surface area contributed by atoms with E-state index in [0.717, 1.165) is 32.1 Å². The van der Waals surface area contributed by atoms with Crippen molar-refractivity contribution in [3.63, 3.8) is 0 Å². The van der Waals surface area contributed by atoms with Gasteiger partial charge in [0.05, 0.1) is 11.7 Å². The van der Waals surface area contributed by atoms with Crippen LogP contribution in [-0.4, -0.2) is 34.5 Å². The molecule has 0 aromatic heterocycles. The molecule has 0 spiro atoms. The minimum atomic E-state index is -0.600. The van der Waals surface area contributed by atoms with E-state index in [1.807, 2.05) is 13.8 Å². The maximum absolute atomic E-state index is 10.1. The van der Waals surface area contributed by atoms with E-state index in [2.05, 4.69) is 5.32 Å². The van der Waals surface area contributed by atoms with E-state index >= 15 is 0 Å². The number of rotatable bonds is 5. The van der Waals surface area contributed by atoms with Crippen LogP contribution in [0.25, 0.3) is 0 Å². The van der Waals surface area contributed by atoms with Gasteiger partial charge >= 0.3 is 0 Å². The van der Waals surface area contributed by atoms with Gasteiger partial charge in [-0.15, -0.1) is 0 Å². The maximum Gasteiger partial charge on any atom is 0.0766 e. The van der Waals surface area contributed by atoms with Crippen LogP contribution in [0, 0.1) is 0 Å².